The van der Waals surface area contributed by atoms with Crippen LogP contribution in [0.3, 0.4) is 0 Å². The first kappa shape index (κ1) is 17.1. The highest BCUT2D eigenvalue weighted by atomic mass is 15.2. The topological polar surface area (TPSA) is 3.24 Å². The lowest BCUT2D eigenvalue weighted by atomic mass is 10.1. The number of unbranched alkanes of at least 4 members (excludes halogenated alkanes) is 6. The van der Waals surface area contributed by atoms with Crippen molar-refractivity contribution in [3.05, 3.63) is 42.5 Å². The number of hydrogen-bond acceptors (Lipinski definition) is 1. The first-order valence-corrected chi connectivity index (χ1v) is 9.38. The molecule has 1 fully saturated rings. The predicted molar refractivity (Wildman–Crippen MR) is 98.6 cm³/mol. The maximum atomic E-state index is 2.59. The number of hydrogen-bond donors (Lipinski definition) is 0. The van der Waals surface area contributed by atoms with Crippen LogP contribution in [0, 0.1) is 0 Å². The molecule has 1 aromatic rings. The van der Waals surface area contributed by atoms with Crippen molar-refractivity contribution in [1.29, 1.82) is 0 Å². The second kappa shape index (κ2) is 10.5. The van der Waals surface area contributed by atoms with Crippen LogP contribution >= 0.6 is 0 Å². The van der Waals surface area contributed by atoms with Gasteiger partial charge in [-0.2, -0.15) is 0 Å². The fourth-order valence-corrected chi connectivity index (χ4v) is 3.45. The summed E-state index contributed by atoms with van der Waals surface area (Å²) in [5.41, 5.74) is 1.40. The van der Waals surface area contributed by atoms with Gasteiger partial charge in [-0.25, -0.2) is 0 Å². The van der Waals surface area contributed by atoms with E-state index in [1.54, 1.807) is 0 Å². The monoisotopic (exact) mass is 299 g/mol. The lowest BCUT2D eigenvalue weighted by Crippen LogP contribution is -2.28. The molecule has 0 amide bonds. The van der Waals surface area contributed by atoms with Gasteiger partial charge in [0.25, 0.3) is 0 Å². The van der Waals surface area contributed by atoms with Crippen molar-refractivity contribution in [3.63, 3.8) is 0 Å². The van der Waals surface area contributed by atoms with E-state index >= 15 is 0 Å². The molecular formula is C21H33N. The average molecular weight is 300 g/mol. The molecule has 2 rings (SSSR count). The third kappa shape index (κ3) is 5.87. The minimum atomic E-state index is 0.711. The van der Waals surface area contributed by atoms with Gasteiger partial charge in [0.15, 0.2) is 0 Å². The van der Waals surface area contributed by atoms with Crippen LogP contribution in [0.25, 0.3) is 0 Å². The van der Waals surface area contributed by atoms with Crippen molar-refractivity contribution in [3.8, 4) is 0 Å². The van der Waals surface area contributed by atoms with E-state index in [4.69, 9.17) is 0 Å². The summed E-state index contributed by atoms with van der Waals surface area (Å²) in [5, 5.41) is 0. The second-order valence-corrected chi connectivity index (χ2v) is 6.59. The van der Waals surface area contributed by atoms with Gasteiger partial charge in [0.1, 0.15) is 0 Å². The van der Waals surface area contributed by atoms with E-state index in [1.807, 2.05) is 0 Å². The molecular weight excluding hydrogens is 266 g/mol. The number of nitrogens with zero attached hydrogens (tertiary/aromatic N) is 1. The molecule has 1 nitrogen and oxygen atoms in total. The molecule has 1 heteroatoms. The standard InChI is InChI=1S/C21H33N/c1-2-3-4-5-6-7-8-9-11-15-21-18-14-19-22(21)20-16-12-10-13-17-20/h9-13,16-17,21H,2-8,14-15,18-19H2,1H3/b11-9+. The fraction of sp³-hybridized carbons (Fsp3) is 0.619. The molecule has 1 heterocycles. The van der Waals surface area contributed by atoms with Crippen molar-refractivity contribution in [2.75, 3.05) is 11.4 Å². The number of para-hydroxylation sites is 1. The molecule has 0 bridgehead atoms. The van der Waals surface area contributed by atoms with Gasteiger partial charge in [0.2, 0.25) is 0 Å². The summed E-state index contributed by atoms with van der Waals surface area (Å²) in [6.07, 6.45) is 18.4. The van der Waals surface area contributed by atoms with E-state index in [0.717, 1.165) is 0 Å². The van der Waals surface area contributed by atoms with Crippen LogP contribution < -0.4 is 4.90 Å². The minimum absolute atomic E-state index is 0.711. The molecule has 0 aromatic heterocycles. The van der Waals surface area contributed by atoms with E-state index in [9.17, 15) is 0 Å². The second-order valence-electron chi connectivity index (χ2n) is 6.59. The van der Waals surface area contributed by atoms with Crippen LogP contribution in [0.2, 0.25) is 0 Å². The van der Waals surface area contributed by atoms with E-state index < -0.39 is 0 Å². The lowest BCUT2D eigenvalue weighted by Gasteiger charge is -2.26. The predicted octanol–water partition coefficient (Wildman–Crippen LogP) is 6.35. The number of rotatable bonds is 10. The van der Waals surface area contributed by atoms with E-state index in [1.165, 1.54) is 76.4 Å². The molecule has 0 N–H and O–H groups in total. The first-order chi connectivity index (χ1) is 10.9. The van der Waals surface area contributed by atoms with Gasteiger partial charge >= 0.3 is 0 Å². The van der Waals surface area contributed by atoms with Crippen molar-refractivity contribution in [1.82, 2.24) is 0 Å². The van der Waals surface area contributed by atoms with Crippen LogP contribution in [0.4, 0.5) is 5.69 Å². The third-order valence-corrected chi connectivity index (χ3v) is 4.76. The molecule has 1 atom stereocenters. The van der Waals surface area contributed by atoms with Gasteiger partial charge in [-0.15, -0.1) is 0 Å². The molecule has 22 heavy (non-hydrogen) atoms. The molecule has 1 aliphatic heterocycles. The Morgan fingerprint density at radius 3 is 2.59 bits per heavy atom. The van der Waals surface area contributed by atoms with Crippen LogP contribution in [-0.4, -0.2) is 12.6 Å². The highest BCUT2D eigenvalue weighted by molar-refractivity contribution is 5.48. The zero-order valence-corrected chi connectivity index (χ0v) is 14.3. The van der Waals surface area contributed by atoms with Gasteiger partial charge < -0.3 is 4.90 Å². The van der Waals surface area contributed by atoms with E-state index in [2.05, 4.69) is 54.3 Å². The Morgan fingerprint density at radius 1 is 1.00 bits per heavy atom. The molecule has 0 radical (unpaired) electrons. The average Bonchev–Trinajstić information content (AvgIpc) is 3.02. The number of benzene rings is 1. The fourth-order valence-electron chi connectivity index (χ4n) is 3.45. The molecule has 0 saturated carbocycles. The number of anilines is 1. The number of allylic oxidation sites excluding steroid dienone is 1. The Morgan fingerprint density at radius 2 is 1.77 bits per heavy atom. The van der Waals surface area contributed by atoms with Crippen molar-refractivity contribution in [2.45, 2.75) is 77.2 Å². The summed E-state index contributed by atoms with van der Waals surface area (Å²) in [4.78, 5) is 2.59. The minimum Gasteiger partial charge on any atom is -0.368 e. The molecule has 0 aliphatic carbocycles. The smallest absolute Gasteiger partial charge is 0.0368 e. The molecule has 0 spiro atoms. The highest BCUT2D eigenvalue weighted by Gasteiger charge is 2.23. The maximum absolute atomic E-state index is 2.59. The SMILES string of the molecule is CCCCCCCC/C=C/CC1CCCN1c1ccccc1. The lowest BCUT2D eigenvalue weighted by molar-refractivity contribution is 0.610. The van der Waals surface area contributed by atoms with Crippen molar-refractivity contribution < 1.29 is 0 Å². The quantitative estimate of drug-likeness (QED) is 0.359. The summed E-state index contributed by atoms with van der Waals surface area (Å²) in [5.74, 6) is 0. The van der Waals surface area contributed by atoms with Crippen LogP contribution in [0.1, 0.15) is 71.1 Å². The Labute approximate surface area is 137 Å². The summed E-state index contributed by atoms with van der Waals surface area (Å²) in [7, 11) is 0. The van der Waals surface area contributed by atoms with Crippen LogP contribution in [0.15, 0.2) is 42.5 Å². The molecule has 1 aromatic carbocycles. The zero-order chi connectivity index (χ0) is 15.5. The Balaban J connectivity index is 1.62. The normalized spacial score (nSPS) is 18.4. The van der Waals surface area contributed by atoms with Crippen LogP contribution in [0.5, 0.6) is 0 Å². The first-order valence-electron chi connectivity index (χ1n) is 9.38. The summed E-state index contributed by atoms with van der Waals surface area (Å²) in [6.45, 7) is 3.50. The third-order valence-electron chi connectivity index (χ3n) is 4.76. The molecule has 1 aliphatic rings. The summed E-state index contributed by atoms with van der Waals surface area (Å²) < 4.78 is 0. The summed E-state index contributed by atoms with van der Waals surface area (Å²) in [6, 6.07) is 11.6. The molecule has 122 valence electrons. The van der Waals surface area contributed by atoms with Gasteiger partial charge in [-0.05, 0) is 44.2 Å². The van der Waals surface area contributed by atoms with Gasteiger partial charge in [0, 0.05) is 18.3 Å². The molecule has 1 saturated heterocycles. The van der Waals surface area contributed by atoms with Gasteiger partial charge in [-0.3, -0.25) is 0 Å². The van der Waals surface area contributed by atoms with E-state index in [0.29, 0.717) is 6.04 Å². The van der Waals surface area contributed by atoms with E-state index in [-0.39, 0.29) is 0 Å². The Kier molecular flexibility index (Phi) is 8.15. The highest BCUT2D eigenvalue weighted by Crippen LogP contribution is 2.27. The van der Waals surface area contributed by atoms with Crippen molar-refractivity contribution >= 4 is 5.69 Å². The largest absolute Gasteiger partial charge is 0.368 e. The summed E-state index contributed by atoms with van der Waals surface area (Å²) >= 11 is 0. The Bertz CT molecular complexity index is 409. The zero-order valence-electron chi connectivity index (χ0n) is 14.3. The van der Waals surface area contributed by atoms with Crippen LogP contribution in [-0.2, 0) is 0 Å². The van der Waals surface area contributed by atoms with Gasteiger partial charge in [0.05, 0.1) is 0 Å². The van der Waals surface area contributed by atoms with Gasteiger partial charge in [-0.1, -0.05) is 69.4 Å². The molecule has 1 unspecified atom stereocenters. The van der Waals surface area contributed by atoms with Crippen molar-refractivity contribution in [2.24, 2.45) is 0 Å². The Hall–Kier alpha value is -1.24. The maximum Gasteiger partial charge on any atom is 0.0368 e.